The molecule has 4 fully saturated rings. The van der Waals surface area contributed by atoms with E-state index in [4.69, 9.17) is 9.47 Å². The number of aliphatic hydroxyl groups excluding tert-OH is 4. The molecule has 0 radical (unpaired) electrons. The SMILES string of the molecule is CC(C)CCCC(C)C1CC2C3CC=C4CC(OCCCCN(O)CCCSC5OC(CO)C(O)C(O)C5O)CCC4(C)C3CCC2(C)C1. The van der Waals surface area contributed by atoms with Gasteiger partial charge in [0.2, 0.25) is 0 Å². The Labute approximate surface area is 301 Å². The predicted molar refractivity (Wildman–Crippen MR) is 196 cm³/mol. The van der Waals surface area contributed by atoms with Crippen molar-refractivity contribution in [1.82, 2.24) is 5.06 Å². The Bertz CT molecular complexity index is 1060. The molecule has 0 bridgehead atoms. The van der Waals surface area contributed by atoms with Crippen molar-refractivity contribution in [2.75, 3.05) is 32.1 Å². The number of unbranched alkanes of at least 4 members (excludes halogenated alkanes) is 1. The summed E-state index contributed by atoms with van der Waals surface area (Å²) in [5.41, 5.74) is 1.87. The molecule has 1 saturated heterocycles. The minimum Gasteiger partial charge on any atom is -0.394 e. The summed E-state index contributed by atoms with van der Waals surface area (Å²) in [5.74, 6) is 5.84. The number of aliphatic hydroxyl groups is 4. The summed E-state index contributed by atoms with van der Waals surface area (Å²) in [7, 11) is 0. The lowest BCUT2D eigenvalue weighted by molar-refractivity contribution is -0.205. The Hall–Kier alpha value is -0.230. The van der Waals surface area contributed by atoms with Crippen LogP contribution in [0, 0.1) is 46.3 Å². The molecule has 284 valence electrons. The normalized spacial score (nSPS) is 41.3. The van der Waals surface area contributed by atoms with Gasteiger partial charge in [-0.1, -0.05) is 65.5 Å². The van der Waals surface area contributed by atoms with Crippen molar-refractivity contribution in [3.63, 3.8) is 0 Å². The van der Waals surface area contributed by atoms with Crippen LogP contribution >= 0.6 is 11.8 Å². The summed E-state index contributed by atoms with van der Waals surface area (Å²) in [6, 6.07) is 0. The molecule has 0 aromatic rings. The van der Waals surface area contributed by atoms with Crippen molar-refractivity contribution in [2.45, 2.75) is 160 Å². The van der Waals surface area contributed by atoms with Crippen LogP contribution in [0.1, 0.15) is 125 Å². The summed E-state index contributed by atoms with van der Waals surface area (Å²) in [5, 5.41) is 51.1. The molecule has 13 unspecified atom stereocenters. The summed E-state index contributed by atoms with van der Waals surface area (Å²) in [4.78, 5) is 0. The second-order valence-electron chi connectivity index (χ2n) is 17.8. The Morgan fingerprint density at radius 3 is 2.49 bits per heavy atom. The van der Waals surface area contributed by atoms with E-state index in [-0.39, 0.29) is 0 Å². The first-order chi connectivity index (χ1) is 23.4. The lowest BCUT2D eigenvalue weighted by Crippen LogP contribution is -2.57. The third-order valence-electron chi connectivity index (χ3n) is 14.0. The molecular formula is C40H71NO7S. The monoisotopic (exact) mass is 709 g/mol. The van der Waals surface area contributed by atoms with Crippen LogP contribution in [-0.4, -0.2) is 98.7 Å². The molecule has 8 nitrogen and oxygen atoms in total. The summed E-state index contributed by atoms with van der Waals surface area (Å²) >= 11 is 1.32. The third-order valence-corrected chi connectivity index (χ3v) is 15.2. The first-order valence-corrected chi connectivity index (χ1v) is 21.1. The number of fused-ring (bicyclic) bond motifs is 5. The van der Waals surface area contributed by atoms with Gasteiger partial charge in [-0.3, -0.25) is 0 Å². The maximum Gasteiger partial charge on any atom is 0.132 e. The van der Waals surface area contributed by atoms with Crippen molar-refractivity contribution in [1.29, 1.82) is 0 Å². The number of allylic oxidation sites excluding steroid dienone is 1. The second kappa shape index (κ2) is 17.7. The zero-order valence-electron chi connectivity index (χ0n) is 31.3. The molecule has 1 heterocycles. The molecule has 5 N–H and O–H groups in total. The largest absolute Gasteiger partial charge is 0.394 e. The van der Waals surface area contributed by atoms with Crippen LogP contribution in [0.3, 0.4) is 0 Å². The Kier molecular flexibility index (Phi) is 14.5. The average Bonchev–Trinajstić information content (AvgIpc) is 3.44. The molecule has 4 aliphatic carbocycles. The summed E-state index contributed by atoms with van der Waals surface area (Å²) < 4.78 is 12.0. The smallest absolute Gasteiger partial charge is 0.132 e. The lowest BCUT2D eigenvalue weighted by Gasteiger charge is -2.57. The number of ether oxygens (including phenoxy) is 2. The lowest BCUT2D eigenvalue weighted by atomic mass is 9.48. The molecule has 49 heavy (non-hydrogen) atoms. The van der Waals surface area contributed by atoms with E-state index >= 15 is 0 Å². The van der Waals surface area contributed by atoms with Crippen LogP contribution in [0.2, 0.25) is 0 Å². The number of rotatable bonds is 17. The van der Waals surface area contributed by atoms with E-state index < -0.39 is 36.5 Å². The number of thioether (sulfide) groups is 1. The van der Waals surface area contributed by atoms with E-state index in [0.717, 1.165) is 67.8 Å². The van der Waals surface area contributed by atoms with E-state index in [1.165, 1.54) is 74.6 Å². The molecule has 5 rings (SSSR count). The minimum absolute atomic E-state index is 0.317. The van der Waals surface area contributed by atoms with Crippen molar-refractivity contribution >= 4 is 11.8 Å². The van der Waals surface area contributed by atoms with E-state index in [1.54, 1.807) is 5.57 Å². The van der Waals surface area contributed by atoms with Gasteiger partial charge in [-0.05, 0) is 123 Å². The van der Waals surface area contributed by atoms with Gasteiger partial charge in [0.05, 0.1) is 12.7 Å². The van der Waals surface area contributed by atoms with E-state index in [2.05, 4.69) is 40.7 Å². The van der Waals surface area contributed by atoms with Gasteiger partial charge in [-0.15, -0.1) is 11.8 Å². The number of hydroxylamine groups is 2. The Morgan fingerprint density at radius 2 is 1.73 bits per heavy atom. The quantitative estimate of drug-likeness (QED) is 0.0630. The molecule has 0 amide bonds. The molecule has 0 aromatic heterocycles. The van der Waals surface area contributed by atoms with E-state index in [9.17, 15) is 25.6 Å². The third kappa shape index (κ3) is 9.48. The molecule has 9 heteroatoms. The molecule has 1 aliphatic heterocycles. The van der Waals surface area contributed by atoms with Crippen LogP contribution in [0.15, 0.2) is 11.6 Å². The van der Waals surface area contributed by atoms with Crippen molar-refractivity contribution < 1.29 is 35.1 Å². The average molecular weight is 710 g/mol. The van der Waals surface area contributed by atoms with Gasteiger partial charge in [0.25, 0.3) is 0 Å². The maximum absolute atomic E-state index is 10.4. The zero-order valence-corrected chi connectivity index (χ0v) is 32.2. The van der Waals surface area contributed by atoms with Crippen molar-refractivity contribution in [2.24, 2.45) is 46.3 Å². The van der Waals surface area contributed by atoms with Crippen LogP contribution in [-0.2, 0) is 9.47 Å². The predicted octanol–water partition coefficient (Wildman–Crippen LogP) is 6.81. The van der Waals surface area contributed by atoms with Crippen LogP contribution < -0.4 is 0 Å². The van der Waals surface area contributed by atoms with Crippen LogP contribution in [0.25, 0.3) is 0 Å². The fraction of sp³-hybridized carbons (Fsp3) is 0.950. The fourth-order valence-electron chi connectivity index (χ4n) is 10.8. The van der Waals surface area contributed by atoms with Gasteiger partial charge >= 0.3 is 0 Å². The first kappa shape index (κ1) is 40.0. The maximum atomic E-state index is 10.4. The Morgan fingerprint density at radius 1 is 0.959 bits per heavy atom. The highest BCUT2D eigenvalue weighted by Crippen LogP contribution is 2.66. The summed E-state index contributed by atoms with van der Waals surface area (Å²) in [6.45, 7) is 13.9. The number of nitrogens with zero attached hydrogens (tertiary/aromatic N) is 1. The molecule has 0 aromatic carbocycles. The van der Waals surface area contributed by atoms with Gasteiger partial charge in [0.15, 0.2) is 0 Å². The van der Waals surface area contributed by atoms with Gasteiger partial charge in [-0.25, -0.2) is 0 Å². The van der Waals surface area contributed by atoms with Gasteiger partial charge in [-0.2, -0.15) is 5.06 Å². The van der Waals surface area contributed by atoms with Gasteiger partial charge in [0.1, 0.15) is 29.9 Å². The molecule has 5 aliphatic rings. The molecular weight excluding hydrogens is 639 g/mol. The minimum atomic E-state index is -1.35. The van der Waals surface area contributed by atoms with Crippen LogP contribution in [0.4, 0.5) is 0 Å². The van der Waals surface area contributed by atoms with Crippen LogP contribution in [0.5, 0.6) is 0 Å². The van der Waals surface area contributed by atoms with Gasteiger partial charge in [0, 0.05) is 19.7 Å². The van der Waals surface area contributed by atoms with E-state index in [1.807, 2.05) is 0 Å². The highest BCUT2D eigenvalue weighted by molar-refractivity contribution is 7.99. The zero-order chi connectivity index (χ0) is 35.3. The van der Waals surface area contributed by atoms with Crippen molar-refractivity contribution in [3.8, 4) is 0 Å². The topological polar surface area (TPSA) is 123 Å². The fourth-order valence-corrected chi connectivity index (χ4v) is 11.9. The number of hydrogen-bond donors (Lipinski definition) is 5. The highest BCUT2D eigenvalue weighted by Gasteiger charge is 2.58. The Balaban J connectivity index is 0.986. The molecule has 13 atom stereocenters. The standard InChI is InChI=1S/C40H71NO7S/c1-26(2)10-8-11-27(3)28-22-33-31-13-12-29-23-30(14-17-40(29,5)32(31)15-16-39(33,4)24-28)47-20-7-6-18-41(46)19-9-21-49-38-37(45)36(44)35(43)34(25-42)48-38/h12,26-28,30-38,42-46H,6-11,13-25H2,1-5H3. The number of hydrogen-bond acceptors (Lipinski definition) is 9. The summed E-state index contributed by atoms with van der Waals surface area (Å²) in [6.07, 6.45) is 15.4. The molecule has 3 saturated carbocycles. The second-order valence-corrected chi connectivity index (χ2v) is 19.0. The van der Waals surface area contributed by atoms with E-state index in [0.29, 0.717) is 42.2 Å². The first-order valence-electron chi connectivity index (χ1n) is 20.0. The molecule has 0 spiro atoms. The highest BCUT2D eigenvalue weighted by atomic mass is 32.2. The van der Waals surface area contributed by atoms with Crippen molar-refractivity contribution in [3.05, 3.63) is 11.6 Å². The van der Waals surface area contributed by atoms with Gasteiger partial charge < -0.3 is 35.1 Å².